The van der Waals surface area contributed by atoms with E-state index in [1.165, 1.54) is 0 Å². The Morgan fingerprint density at radius 1 is 1.00 bits per heavy atom. The van der Waals surface area contributed by atoms with E-state index in [1.807, 2.05) is 0 Å². The fraction of sp³-hybridized carbons (Fsp3) is 1.00. The summed E-state index contributed by atoms with van der Waals surface area (Å²) in [4.78, 5) is 0. The molecule has 0 bridgehead atoms. The summed E-state index contributed by atoms with van der Waals surface area (Å²) >= 11 is 0. The van der Waals surface area contributed by atoms with Crippen molar-refractivity contribution < 1.29 is 9.47 Å². The summed E-state index contributed by atoms with van der Waals surface area (Å²) in [7, 11) is 0. The zero-order chi connectivity index (χ0) is 6.85. The lowest BCUT2D eigenvalue weighted by molar-refractivity contribution is -0.192. The molecule has 1 rings (SSSR count). The van der Waals surface area contributed by atoms with Crippen LogP contribution in [0.25, 0.3) is 0 Å². The molecule has 0 aromatic carbocycles. The van der Waals surface area contributed by atoms with Gasteiger partial charge in [0.05, 0.1) is 12.2 Å². The summed E-state index contributed by atoms with van der Waals surface area (Å²) in [5.74, 6) is 0.527. The van der Waals surface area contributed by atoms with Crippen molar-refractivity contribution in [3.05, 3.63) is 0 Å². The van der Waals surface area contributed by atoms with E-state index in [-0.39, 0.29) is 0 Å². The molecule has 1 aliphatic heterocycles. The summed E-state index contributed by atoms with van der Waals surface area (Å²) in [6.45, 7) is 6.79. The molecule has 0 aromatic heterocycles. The van der Waals surface area contributed by atoms with E-state index >= 15 is 0 Å². The first-order chi connectivity index (χ1) is 4.22. The molecule has 0 N–H and O–H groups in total. The normalized spacial score (nSPS) is 39.0. The van der Waals surface area contributed by atoms with Crippen LogP contribution in [0.5, 0.6) is 0 Å². The van der Waals surface area contributed by atoms with Gasteiger partial charge in [0, 0.05) is 5.92 Å². The van der Waals surface area contributed by atoms with Crippen LogP contribution in [0.4, 0.5) is 0 Å². The maximum absolute atomic E-state index is 5.24. The Morgan fingerprint density at radius 2 is 1.44 bits per heavy atom. The molecule has 0 unspecified atom stereocenters. The van der Waals surface area contributed by atoms with Crippen LogP contribution < -0.4 is 0 Å². The molecule has 54 valence electrons. The van der Waals surface area contributed by atoms with Gasteiger partial charge in [-0.3, -0.25) is 0 Å². The van der Waals surface area contributed by atoms with E-state index in [0.717, 1.165) is 0 Å². The minimum Gasteiger partial charge on any atom is -0.352 e. The first-order valence-electron chi connectivity index (χ1n) is 3.45. The highest BCUT2D eigenvalue weighted by Crippen LogP contribution is 2.18. The van der Waals surface area contributed by atoms with Crippen molar-refractivity contribution in [2.75, 3.05) is 6.79 Å². The van der Waals surface area contributed by atoms with Crippen LogP contribution >= 0.6 is 0 Å². The van der Waals surface area contributed by atoms with Gasteiger partial charge in [-0.2, -0.15) is 0 Å². The second-order valence-corrected chi connectivity index (χ2v) is 2.72. The van der Waals surface area contributed by atoms with Gasteiger partial charge in [0.25, 0.3) is 0 Å². The molecule has 0 aromatic rings. The van der Waals surface area contributed by atoms with Gasteiger partial charge >= 0.3 is 0 Å². The topological polar surface area (TPSA) is 18.5 Å². The van der Waals surface area contributed by atoms with Crippen LogP contribution in [0, 0.1) is 5.92 Å². The van der Waals surface area contributed by atoms with E-state index in [4.69, 9.17) is 9.47 Å². The summed E-state index contributed by atoms with van der Waals surface area (Å²) in [5, 5.41) is 0. The highest BCUT2D eigenvalue weighted by molar-refractivity contribution is 4.69. The zero-order valence-corrected chi connectivity index (χ0v) is 6.26. The van der Waals surface area contributed by atoms with Crippen molar-refractivity contribution in [1.29, 1.82) is 0 Å². The monoisotopic (exact) mass is 130 g/mol. The largest absolute Gasteiger partial charge is 0.352 e. The molecule has 1 saturated heterocycles. The maximum atomic E-state index is 5.24. The molecule has 1 heterocycles. The molecule has 1 aliphatic rings. The standard InChI is InChI=1S/C7H14O2/c1-5-6(2)8-4-9-7(5)3/h5-7H,4H2,1-3H3/t6-,7-/m0/s1. The predicted octanol–water partition coefficient (Wildman–Crippen LogP) is 1.40. The van der Waals surface area contributed by atoms with Crippen LogP contribution in [0.3, 0.4) is 0 Å². The smallest absolute Gasteiger partial charge is 0.147 e. The Labute approximate surface area is 56.2 Å². The molecule has 9 heavy (non-hydrogen) atoms. The van der Waals surface area contributed by atoms with Gasteiger partial charge < -0.3 is 9.47 Å². The molecule has 1 fully saturated rings. The van der Waals surface area contributed by atoms with Gasteiger partial charge in [0.2, 0.25) is 0 Å². The SMILES string of the molecule is CC1[C@H](C)OCO[C@H]1C. The van der Waals surface area contributed by atoms with Crippen LogP contribution in [-0.2, 0) is 9.47 Å². The average molecular weight is 130 g/mol. The van der Waals surface area contributed by atoms with Crippen LogP contribution in [0.15, 0.2) is 0 Å². The van der Waals surface area contributed by atoms with Gasteiger partial charge in [0.1, 0.15) is 6.79 Å². The van der Waals surface area contributed by atoms with Crippen molar-refractivity contribution in [2.45, 2.75) is 33.0 Å². The Balaban J connectivity index is 2.41. The van der Waals surface area contributed by atoms with Crippen molar-refractivity contribution in [3.8, 4) is 0 Å². The van der Waals surface area contributed by atoms with Gasteiger partial charge in [-0.1, -0.05) is 6.92 Å². The summed E-state index contributed by atoms with van der Waals surface area (Å²) < 4.78 is 10.5. The fourth-order valence-corrected chi connectivity index (χ4v) is 0.939. The molecule has 0 radical (unpaired) electrons. The third-order valence-electron chi connectivity index (χ3n) is 2.14. The Hall–Kier alpha value is -0.0800. The highest BCUT2D eigenvalue weighted by Gasteiger charge is 2.24. The lowest BCUT2D eigenvalue weighted by Crippen LogP contribution is -2.36. The lowest BCUT2D eigenvalue weighted by atomic mass is 10.00. The second-order valence-electron chi connectivity index (χ2n) is 2.72. The first kappa shape index (κ1) is 7.03. The van der Waals surface area contributed by atoms with Gasteiger partial charge in [0.15, 0.2) is 0 Å². The predicted molar refractivity (Wildman–Crippen MR) is 35.1 cm³/mol. The first-order valence-corrected chi connectivity index (χ1v) is 3.45. The zero-order valence-electron chi connectivity index (χ0n) is 6.26. The number of hydrogen-bond acceptors (Lipinski definition) is 2. The number of rotatable bonds is 0. The van der Waals surface area contributed by atoms with Crippen molar-refractivity contribution >= 4 is 0 Å². The summed E-state index contributed by atoms with van der Waals surface area (Å²) in [6, 6.07) is 0. The van der Waals surface area contributed by atoms with E-state index < -0.39 is 0 Å². The molecule has 0 amide bonds. The molecule has 0 aliphatic carbocycles. The Kier molecular flexibility index (Phi) is 2.09. The third kappa shape index (κ3) is 1.43. The molecule has 2 heteroatoms. The molecule has 0 saturated carbocycles. The summed E-state index contributed by atoms with van der Waals surface area (Å²) in [6.07, 6.45) is 0.711. The molecule has 2 nitrogen and oxygen atoms in total. The molecule has 2 atom stereocenters. The Morgan fingerprint density at radius 3 is 1.78 bits per heavy atom. The van der Waals surface area contributed by atoms with Crippen LogP contribution in [-0.4, -0.2) is 19.0 Å². The number of hydrogen-bond donors (Lipinski definition) is 0. The average Bonchev–Trinajstić information content (AvgIpc) is 1.83. The lowest BCUT2D eigenvalue weighted by Gasteiger charge is -2.31. The van der Waals surface area contributed by atoms with Gasteiger partial charge in [-0.25, -0.2) is 0 Å². The minimum absolute atomic E-state index is 0.355. The minimum atomic E-state index is 0.355. The van der Waals surface area contributed by atoms with Crippen molar-refractivity contribution in [3.63, 3.8) is 0 Å². The van der Waals surface area contributed by atoms with E-state index in [0.29, 0.717) is 24.9 Å². The quantitative estimate of drug-likeness (QED) is 0.493. The molecule has 0 spiro atoms. The maximum Gasteiger partial charge on any atom is 0.147 e. The van der Waals surface area contributed by atoms with E-state index in [1.54, 1.807) is 0 Å². The number of ether oxygens (including phenoxy) is 2. The molecular weight excluding hydrogens is 116 g/mol. The van der Waals surface area contributed by atoms with Gasteiger partial charge in [-0.05, 0) is 13.8 Å². The van der Waals surface area contributed by atoms with Crippen molar-refractivity contribution in [2.24, 2.45) is 5.92 Å². The second kappa shape index (κ2) is 2.67. The third-order valence-corrected chi connectivity index (χ3v) is 2.14. The highest BCUT2D eigenvalue weighted by atomic mass is 16.7. The molecular formula is C7H14O2. The van der Waals surface area contributed by atoms with Crippen LogP contribution in [0.1, 0.15) is 20.8 Å². The Bertz CT molecular complexity index is 82.9. The fourth-order valence-electron chi connectivity index (χ4n) is 0.939. The van der Waals surface area contributed by atoms with Gasteiger partial charge in [-0.15, -0.1) is 0 Å². The van der Waals surface area contributed by atoms with Crippen molar-refractivity contribution in [1.82, 2.24) is 0 Å². The summed E-state index contributed by atoms with van der Waals surface area (Å²) in [5.41, 5.74) is 0. The van der Waals surface area contributed by atoms with E-state index in [9.17, 15) is 0 Å². The van der Waals surface area contributed by atoms with E-state index in [2.05, 4.69) is 20.8 Å². The van der Waals surface area contributed by atoms with Crippen LogP contribution in [0.2, 0.25) is 0 Å².